The second-order valence-electron chi connectivity index (χ2n) is 12.5. The summed E-state index contributed by atoms with van der Waals surface area (Å²) in [5, 5.41) is 9.93. The van der Waals surface area contributed by atoms with E-state index in [-0.39, 0.29) is 45.6 Å². The number of rotatable bonds is 14. The first-order valence-corrected chi connectivity index (χ1v) is 16.3. The van der Waals surface area contributed by atoms with Crippen LogP contribution in [0.4, 0.5) is 33.9 Å². The van der Waals surface area contributed by atoms with Gasteiger partial charge in [-0.1, -0.05) is 56.6 Å². The van der Waals surface area contributed by atoms with Crippen LogP contribution in [0, 0.1) is 5.41 Å². The number of halogens is 5. The zero-order valence-electron chi connectivity index (χ0n) is 28.9. The number of benzene rings is 2. The molecule has 4 rings (SSSR count). The van der Waals surface area contributed by atoms with Crippen LogP contribution in [0.3, 0.4) is 0 Å². The number of pyridine rings is 1. The van der Waals surface area contributed by atoms with Gasteiger partial charge in [-0.2, -0.15) is 27.8 Å². The molecule has 1 atom stereocenters. The molecule has 18 heteroatoms. The molecule has 0 radical (unpaired) electrons. The highest BCUT2D eigenvalue weighted by Gasteiger charge is 2.32. The average Bonchev–Trinajstić information content (AvgIpc) is 3.62. The van der Waals surface area contributed by atoms with Gasteiger partial charge in [0, 0.05) is 30.1 Å². The maximum absolute atomic E-state index is 14.5. The van der Waals surface area contributed by atoms with Gasteiger partial charge in [0.2, 0.25) is 0 Å². The Morgan fingerprint density at radius 3 is 2.43 bits per heavy atom. The Hall–Kier alpha value is -5.84. The van der Waals surface area contributed by atoms with E-state index in [1.54, 1.807) is 12.1 Å². The van der Waals surface area contributed by atoms with E-state index >= 15 is 0 Å². The van der Waals surface area contributed by atoms with Crippen LogP contribution in [0.5, 0.6) is 0 Å². The van der Waals surface area contributed by atoms with Crippen molar-refractivity contribution in [3.63, 3.8) is 0 Å². The van der Waals surface area contributed by atoms with Gasteiger partial charge in [0.25, 0.3) is 5.91 Å². The normalized spacial score (nSPS) is 12.6. The molecule has 0 aliphatic carbocycles. The smallest absolute Gasteiger partial charge is 0.412 e. The molecule has 2 heterocycles. The van der Waals surface area contributed by atoms with Crippen molar-refractivity contribution in [2.75, 3.05) is 23.5 Å². The number of carbonyl (C=O) groups excluding carboxylic acids is 2. The number of alkyl halides is 4. The molecule has 0 bridgehead atoms. The molecular weight excluding hydrogens is 720 g/mol. The Labute approximate surface area is 307 Å². The predicted molar refractivity (Wildman–Crippen MR) is 196 cm³/mol. The number of amides is 2. The van der Waals surface area contributed by atoms with Crippen LogP contribution in [0.15, 0.2) is 94.3 Å². The van der Waals surface area contributed by atoms with Gasteiger partial charge in [-0.15, -0.1) is 0 Å². The molecule has 2 aromatic carbocycles. The number of hydrazone groups is 1. The maximum atomic E-state index is 14.5. The van der Waals surface area contributed by atoms with E-state index in [1.165, 1.54) is 60.9 Å². The number of guanidine groups is 1. The molecule has 0 fully saturated rings. The largest absolute Gasteiger partial charge is 0.447 e. The van der Waals surface area contributed by atoms with Crippen molar-refractivity contribution in [3.8, 4) is 11.1 Å². The summed E-state index contributed by atoms with van der Waals surface area (Å²) in [7, 11) is 0. The van der Waals surface area contributed by atoms with Gasteiger partial charge in [-0.05, 0) is 66.1 Å². The van der Waals surface area contributed by atoms with E-state index < -0.39 is 37.7 Å². The number of hydrogen-bond donors (Lipinski definition) is 2. The predicted octanol–water partition coefficient (Wildman–Crippen LogP) is 7.85. The second kappa shape index (κ2) is 18.1. The van der Waals surface area contributed by atoms with E-state index in [9.17, 15) is 27.2 Å². The third kappa shape index (κ3) is 11.1. The quantitative estimate of drug-likeness (QED) is 0.0436. The average molecular weight is 757 g/mol. The van der Waals surface area contributed by atoms with Gasteiger partial charge in [0.1, 0.15) is 18.8 Å². The maximum Gasteiger partial charge on any atom is 0.412 e. The minimum Gasteiger partial charge on any atom is -0.447 e. The fourth-order valence-corrected chi connectivity index (χ4v) is 5.00. The lowest BCUT2D eigenvalue weighted by molar-refractivity contribution is 0.0566. The number of anilines is 2. The molecule has 4 aromatic rings. The highest BCUT2D eigenvalue weighted by molar-refractivity contribution is 6.33. The van der Waals surface area contributed by atoms with Crippen LogP contribution in [-0.4, -0.2) is 70.4 Å². The standard InChI is InChI=1S/C35H37ClF4N10O3/c1-35(2,3)14-16-44-33(41)49(30(51)23-10-8-22(9-11-23)25-18-45-48(19-25)31(37)38)28(20-53-34(52)47-29-7-5-6-15-43-29)24-12-13-26(36)27(17-24)50(32(39)40)46-21-42-4/h5-13,15,17-19,21,28,31-32H,4,14,16,20H2,1-3H3,(H2,41,44)(H,43,47,52)/b46-21-/t28-/m1/s1. The van der Waals surface area contributed by atoms with Gasteiger partial charge in [-0.25, -0.2) is 19.5 Å². The Kier molecular flexibility index (Phi) is 13.6. The SMILES string of the molecule is C=N/C=N\N(c1cc([C@@H](COC(=O)Nc2ccccn2)N(C(=O)c2ccc(-c3cnn(C(F)F)c3)cc2)C(N)=NCCC(C)(C)C)ccc1Cl)C(F)F. The summed E-state index contributed by atoms with van der Waals surface area (Å²) in [6, 6.07) is 13.5. The van der Waals surface area contributed by atoms with Crippen LogP contribution in [0.2, 0.25) is 5.02 Å². The second-order valence-corrected chi connectivity index (χ2v) is 12.9. The number of carbonyl (C=O) groups is 2. The summed E-state index contributed by atoms with van der Waals surface area (Å²) in [5.41, 5.74) is 7.23. The van der Waals surface area contributed by atoms with E-state index in [2.05, 4.69) is 37.2 Å². The van der Waals surface area contributed by atoms with Crippen LogP contribution in [0.25, 0.3) is 11.1 Å². The van der Waals surface area contributed by atoms with Crippen molar-refractivity contribution in [2.45, 2.75) is 46.3 Å². The summed E-state index contributed by atoms with van der Waals surface area (Å²) in [6.07, 6.45) is 4.31. The number of nitrogens with two attached hydrogens (primary N) is 1. The van der Waals surface area contributed by atoms with E-state index in [0.717, 1.165) is 17.4 Å². The third-order valence-electron chi connectivity index (χ3n) is 7.49. The highest BCUT2D eigenvalue weighted by atomic mass is 35.5. The first-order valence-electron chi connectivity index (χ1n) is 15.9. The van der Waals surface area contributed by atoms with Crippen molar-refractivity contribution in [1.29, 1.82) is 0 Å². The number of aliphatic imine (C=N–C) groups is 2. The van der Waals surface area contributed by atoms with Crippen LogP contribution < -0.4 is 16.1 Å². The van der Waals surface area contributed by atoms with Crippen LogP contribution >= 0.6 is 11.6 Å². The first-order chi connectivity index (χ1) is 25.2. The van der Waals surface area contributed by atoms with Gasteiger partial charge >= 0.3 is 19.2 Å². The van der Waals surface area contributed by atoms with Crippen LogP contribution in [0.1, 0.15) is 55.7 Å². The van der Waals surface area contributed by atoms with Crippen molar-refractivity contribution in [1.82, 2.24) is 19.7 Å². The number of nitrogens with one attached hydrogen (secondary N) is 1. The molecule has 0 saturated heterocycles. The van der Waals surface area contributed by atoms with Gasteiger partial charge in [0.05, 0.1) is 22.9 Å². The minimum atomic E-state index is -3.17. The molecule has 280 valence electrons. The number of aromatic nitrogens is 3. The van der Waals surface area contributed by atoms with Gasteiger partial charge in [0.15, 0.2) is 5.96 Å². The number of hydrogen-bond acceptors (Lipinski definition) is 8. The molecule has 2 amide bonds. The molecule has 3 N–H and O–H groups in total. The molecular formula is C35H37ClF4N10O3. The van der Waals surface area contributed by atoms with Crippen molar-refractivity contribution >= 4 is 54.1 Å². The van der Waals surface area contributed by atoms with Crippen molar-refractivity contribution in [2.24, 2.45) is 26.2 Å². The molecule has 0 spiro atoms. The Balaban J connectivity index is 1.81. The third-order valence-corrected chi connectivity index (χ3v) is 7.81. The molecule has 53 heavy (non-hydrogen) atoms. The van der Waals surface area contributed by atoms with E-state index in [0.29, 0.717) is 27.2 Å². The lowest BCUT2D eigenvalue weighted by Gasteiger charge is -2.32. The fraction of sp³-hybridized carbons (Fsp3) is 0.286. The van der Waals surface area contributed by atoms with E-state index in [4.69, 9.17) is 22.1 Å². The monoisotopic (exact) mass is 756 g/mol. The van der Waals surface area contributed by atoms with Crippen LogP contribution in [-0.2, 0) is 4.74 Å². The van der Waals surface area contributed by atoms with Crippen molar-refractivity contribution < 1.29 is 31.9 Å². The number of nitrogens with zero attached hydrogens (tertiary/aromatic N) is 8. The Morgan fingerprint density at radius 1 is 1.09 bits per heavy atom. The molecule has 0 aliphatic rings. The lowest BCUT2D eigenvalue weighted by Crippen LogP contribution is -2.46. The first kappa shape index (κ1) is 39.9. The zero-order chi connectivity index (χ0) is 38.7. The molecule has 0 aliphatic heterocycles. The molecule has 2 aromatic heterocycles. The van der Waals surface area contributed by atoms with Gasteiger partial charge in [-0.3, -0.25) is 25.0 Å². The summed E-state index contributed by atoms with van der Waals surface area (Å²) in [5.74, 6) is -0.803. The highest BCUT2D eigenvalue weighted by Crippen LogP contribution is 2.34. The summed E-state index contributed by atoms with van der Waals surface area (Å²) < 4.78 is 60.8. The summed E-state index contributed by atoms with van der Waals surface area (Å²) in [4.78, 5) is 40.4. The fourth-order valence-electron chi connectivity index (χ4n) is 4.80. The summed E-state index contributed by atoms with van der Waals surface area (Å²) >= 11 is 6.36. The number of ether oxygens (including phenoxy) is 1. The minimum absolute atomic E-state index is 0.0805. The summed E-state index contributed by atoms with van der Waals surface area (Å²) in [6.45, 7) is 2.85. The Morgan fingerprint density at radius 2 is 1.83 bits per heavy atom. The zero-order valence-corrected chi connectivity index (χ0v) is 29.7. The van der Waals surface area contributed by atoms with Gasteiger partial charge < -0.3 is 10.5 Å². The lowest BCUT2D eigenvalue weighted by atomic mass is 9.92. The van der Waals surface area contributed by atoms with Crippen molar-refractivity contribution in [3.05, 3.63) is 95.4 Å². The van der Waals surface area contributed by atoms with E-state index in [1.807, 2.05) is 20.8 Å². The Bertz CT molecular complexity index is 1920. The topological polar surface area (TPSA) is 156 Å². The molecule has 0 saturated carbocycles. The molecule has 0 unspecified atom stereocenters. The molecule has 13 nitrogen and oxygen atoms in total.